The summed E-state index contributed by atoms with van der Waals surface area (Å²) in [5.41, 5.74) is 0. The van der Waals surface area contributed by atoms with Gasteiger partial charge in [0.05, 0.1) is 6.04 Å². The molecule has 0 radical (unpaired) electrons. The van der Waals surface area contributed by atoms with Gasteiger partial charge in [-0.25, -0.2) is 0 Å². The van der Waals surface area contributed by atoms with Gasteiger partial charge in [-0.05, 0) is 31.6 Å². The summed E-state index contributed by atoms with van der Waals surface area (Å²) in [5, 5.41) is 11.9. The number of nitrogens with one attached hydrogen (secondary N) is 1. The Balaban J connectivity index is 2.12. The summed E-state index contributed by atoms with van der Waals surface area (Å²) in [6, 6.07) is 0.0531. The Labute approximate surface area is 108 Å². The van der Waals surface area contributed by atoms with Gasteiger partial charge in [0.25, 0.3) is 0 Å². The van der Waals surface area contributed by atoms with Gasteiger partial charge in [-0.3, -0.25) is 4.79 Å². The van der Waals surface area contributed by atoms with Gasteiger partial charge in [-0.2, -0.15) is 11.8 Å². The normalized spacial score (nSPS) is 20.2. The van der Waals surface area contributed by atoms with Gasteiger partial charge in [0.15, 0.2) is 0 Å². The van der Waals surface area contributed by atoms with E-state index in [9.17, 15) is 4.79 Å². The second kappa shape index (κ2) is 8.78. The molecule has 0 spiro atoms. The topological polar surface area (TPSA) is 52.6 Å². The van der Waals surface area contributed by atoms with Crippen molar-refractivity contribution in [2.45, 2.75) is 32.2 Å². The molecule has 0 saturated carbocycles. The van der Waals surface area contributed by atoms with E-state index in [-0.39, 0.29) is 18.6 Å². The first-order valence-corrected chi connectivity index (χ1v) is 7.65. The molecule has 1 aliphatic rings. The lowest BCUT2D eigenvalue weighted by molar-refractivity contribution is -0.129. The summed E-state index contributed by atoms with van der Waals surface area (Å²) in [7, 11) is 0. The van der Waals surface area contributed by atoms with Crippen LogP contribution in [0.1, 0.15) is 26.2 Å². The minimum absolute atomic E-state index is 0.0531. The molecule has 4 nitrogen and oxygen atoms in total. The summed E-state index contributed by atoms with van der Waals surface area (Å²) in [4.78, 5) is 13.9. The molecule has 0 bridgehead atoms. The lowest BCUT2D eigenvalue weighted by atomic mass is 10.2. The summed E-state index contributed by atoms with van der Waals surface area (Å²) >= 11 is 1.81. The van der Waals surface area contributed by atoms with E-state index in [1.807, 2.05) is 16.7 Å². The van der Waals surface area contributed by atoms with Crippen LogP contribution >= 0.6 is 11.8 Å². The highest BCUT2D eigenvalue weighted by atomic mass is 32.2. The number of aliphatic hydroxyl groups excluding tert-OH is 1. The van der Waals surface area contributed by atoms with E-state index in [0.717, 1.165) is 50.4 Å². The molecular formula is C12H24N2O2S. The fourth-order valence-corrected chi connectivity index (χ4v) is 2.80. The number of amides is 1. The predicted molar refractivity (Wildman–Crippen MR) is 72.3 cm³/mol. The molecule has 17 heavy (non-hydrogen) atoms. The zero-order valence-electron chi connectivity index (χ0n) is 10.7. The number of thioether (sulfide) groups is 1. The van der Waals surface area contributed by atoms with Crippen LogP contribution in [0.2, 0.25) is 0 Å². The van der Waals surface area contributed by atoms with Crippen molar-refractivity contribution >= 4 is 17.7 Å². The molecular weight excluding hydrogens is 236 g/mol. The first-order chi connectivity index (χ1) is 8.29. The molecule has 5 heteroatoms. The number of rotatable bonds is 9. The molecule has 0 aromatic carbocycles. The van der Waals surface area contributed by atoms with Gasteiger partial charge in [0.1, 0.15) is 0 Å². The summed E-state index contributed by atoms with van der Waals surface area (Å²) in [5.74, 6) is 2.23. The monoisotopic (exact) mass is 260 g/mol. The Morgan fingerprint density at radius 2 is 2.35 bits per heavy atom. The molecule has 1 saturated heterocycles. The number of aliphatic hydroxyl groups is 1. The third-order valence-electron chi connectivity index (χ3n) is 2.89. The lowest BCUT2D eigenvalue weighted by Crippen LogP contribution is -2.39. The Bertz CT molecular complexity index is 227. The van der Waals surface area contributed by atoms with Crippen molar-refractivity contribution in [1.82, 2.24) is 10.2 Å². The third-order valence-corrected chi connectivity index (χ3v) is 3.94. The highest BCUT2D eigenvalue weighted by molar-refractivity contribution is 7.99. The van der Waals surface area contributed by atoms with E-state index >= 15 is 0 Å². The number of hydrogen-bond donors (Lipinski definition) is 2. The molecule has 0 aliphatic carbocycles. The summed E-state index contributed by atoms with van der Waals surface area (Å²) in [6.45, 7) is 5.04. The highest BCUT2D eigenvalue weighted by Gasteiger charge is 2.30. The molecule has 0 aromatic heterocycles. The fraction of sp³-hybridized carbons (Fsp3) is 0.917. The Kier molecular flexibility index (Phi) is 7.64. The van der Waals surface area contributed by atoms with Crippen LogP contribution in [0.4, 0.5) is 0 Å². The third kappa shape index (κ3) is 5.27. The zero-order valence-corrected chi connectivity index (χ0v) is 11.5. The van der Waals surface area contributed by atoms with Crippen LogP contribution in [-0.2, 0) is 4.79 Å². The Hall–Kier alpha value is -0.260. The van der Waals surface area contributed by atoms with Crippen molar-refractivity contribution in [2.24, 2.45) is 0 Å². The van der Waals surface area contributed by atoms with Crippen LogP contribution in [0.15, 0.2) is 0 Å². The van der Waals surface area contributed by atoms with E-state index in [2.05, 4.69) is 12.2 Å². The average Bonchev–Trinajstić information content (AvgIpc) is 2.68. The van der Waals surface area contributed by atoms with E-state index in [4.69, 9.17) is 5.11 Å². The molecule has 1 fully saturated rings. The molecule has 1 rings (SSSR count). The number of carbonyl (C=O) groups excluding carboxylic acids is 1. The van der Waals surface area contributed by atoms with E-state index in [1.54, 1.807) is 0 Å². The maximum atomic E-state index is 11.9. The van der Waals surface area contributed by atoms with E-state index in [0.29, 0.717) is 0 Å². The zero-order chi connectivity index (χ0) is 12.5. The van der Waals surface area contributed by atoms with Crippen molar-refractivity contribution in [3.05, 3.63) is 0 Å². The molecule has 100 valence electrons. The maximum Gasteiger partial charge on any atom is 0.239 e. The minimum Gasteiger partial charge on any atom is -0.396 e. The molecule has 1 aliphatic heterocycles. The standard InChI is InChI=1S/C12H24N2O2S/c1-2-5-13-11-4-6-14(12(11)16)7-10-17-9-3-8-15/h11,13,15H,2-10H2,1H3. The van der Waals surface area contributed by atoms with Crippen molar-refractivity contribution in [3.63, 3.8) is 0 Å². The number of likely N-dealkylation sites (tertiary alicyclic amines) is 1. The fourth-order valence-electron chi connectivity index (χ4n) is 1.91. The van der Waals surface area contributed by atoms with Crippen LogP contribution in [0, 0.1) is 0 Å². The smallest absolute Gasteiger partial charge is 0.239 e. The molecule has 1 atom stereocenters. The second-order valence-electron chi connectivity index (χ2n) is 4.31. The quantitative estimate of drug-likeness (QED) is 0.599. The van der Waals surface area contributed by atoms with Crippen LogP contribution in [-0.4, -0.2) is 59.7 Å². The van der Waals surface area contributed by atoms with Crippen LogP contribution in [0.5, 0.6) is 0 Å². The molecule has 1 heterocycles. The highest BCUT2D eigenvalue weighted by Crippen LogP contribution is 2.12. The van der Waals surface area contributed by atoms with Crippen LogP contribution in [0.25, 0.3) is 0 Å². The van der Waals surface area contributed by atoms with E-state index in [1.165, 1.54) is 0 Å². The summed E-state index contributed by atoms with van der Waals surface area (Å²) in [6.07, 6.45) is 2.86. The van der Waals surface area contributed by atoms with Gasteiger partial charge < -0.3 is 15.3 Å². The average molecular weight is 260 g/mol. The van der Waals surface area contributed by atoms with Gasteiger partial charge in [-0.15, -0.1) is 0 Å². The van der Waals surface area contributed by atoms with Crippen molar-refractivity contribution in [1.29, 1.82) is 0 Å². The maximum absolute atomic E-state index is 11.9. The Morgan fingerprint density at radius 1 is 1.53 bits per heavy atom. The number of carbonyl (C=O) groups is 1. The lowest BCUT2D eigenvalue weighted by Gasteiger charge is -2.16. The first-order valence-electron chi connectivity index (χ1n) is 6.50. The van der Waals surface area contributed by atoms with Crippen LogP contribution in [0.3, 0.4) is 0 Å². The molecule has 0 aromatic rings. The molecule has 1 unspecified atom stereocenters. The van der Waals surface area contributed by atoms with Crippen molar-refractivity contribution < 1.29 is 9.90 Å². The van der Waals surface area contributed by atoms with Crippen LogP contribution < -0.4 is 5.32 Å². The SMILES string of the molecule is CCCNC1CCN(CCSCCCO)C1=O. The molecule has 2 N–H and O–H groups in total. The van der Waals surface area contributed by atoms with Gasteiger partial charge in [-0.1, -0.05) is 6.92 Å². The van der Waals surface area contributed by atoms with Gasteiger partial charge in [0.2, 0.25) is 5.91 Å². The number of hydrogen-bond acceptors (Lipinski definition) is 4. The second-order valence-corrected chi connectivity index (χ2v) is 5.53. The largest absolute Gasteiger partial charge is 0.396 e. The van der Waals surface area contributed by atoms with E-state index < -0.39 is 0 Å². The predicted octanol–water partition coefficient (Wildman–Crippen LogP) is 0.702. The number of nitrogens with zero attached hydrogens (tertiary/aromatic N) is 1. The first kappa shape index (κ1) is 14.8. The van der Waals surface area contributed by atoms with Crippen molar-refractivity contribution in [2.75, 3.05) is 37.7 Å². The summed E-state index contributed by atoms with van der Waals surface area (Å²) < 4.78 is 0. The Morgan fingerprint density at radius 3 is 3.06 bits per heavy atom. The van der Waals surface area contributed by atoms with Crippen molar-refractivity contribution in [3.8, 4) is 0 Å². The molecule has 1 amide bonds. The minimum atomic E-state index is 0.0531. The van der Waals surface area contributed by atoms with Gasteiger partial charge >= 0.3 is 0 Å². The van der Waals surface area contributed by atoms with Gasteiger partial charge in [0, 0.05) is 25.4 Å².